The second-order valence-electron chi connectivity index (χ2n) is 3.69. The summed E-state index contributed by atoms with van der Waals surface area (Å²) >= 11 is 0. The van der Waals surface area contributed by atoms with E-state index in [1.165, 1.54) is 12.5 Å². The van der Waals surface area contributed by atoms with Crippen LogP contribution in [-0.2, 0) is 11.2 Å². The van der Waals surface area contributed by atoms with Crippen molar-refractivity contribution in [3.8, 4) is 0 Å². The van der Waals surface area contributed by atoms with Crippen LogP contribution in [0, 0.1) is 0 Å². The van der Waals surface area contributed by atoms with Crippen molar-refractivity contribution < 1.29 is 9.90 Å². The number of nitrogens with one attached hydrogen (secondary N) is 1. The summed E-state index contributed by atoms with van der Waals surface area (Å²) in [5.41, 5.74) is 6.87. The summed E-state index contributed by atoms with van der Waals surface area (Å²) in [7, 11) is 0. The molecular weight excluding hydrogens is 220 g/mol. The van der Waals surface area contributed by atoms with Crippen LogP contribution in [0.3, 0.4) is 0 Å². The quantitative estimate of drug-likeness (QED) is 0.723. The van der Waals surface area contributed by atoms with E-state index in [0.717, 1.165) is 5.56 Å². The molecule has 6 nitrogen and oxygen atoms in total. The minimum atomic E-state index is -0.897. The average molecular weight is 232 g/mol. The molecule has 17 heavy (non-hydrogen) atoms. The number of nitrogens with two attached hydrogens (primary N) is 1. The van der Waals surface area contributed by atoms with E-state index in [0.29, 0.717) is 17.9 Å². The van der Waals surface area contributed by atoms with Gasteiger partial charge in [-0.3, -0.25) is 4.79 Å². The Bertz CT molecular complexity index is 493. The van der Waals surface area contributed by atoms with Crippen molar-refractivity contribution in [1.29, 1.82) is 0 Å². The van der Waals surface area contributed by atoms with Crippen molar-refractivity contribution in [2.24, 2.45) is 0 Å². The maximum Gasteiger partial charge on any atom is 0.312 e. The van der Waals surface area contributed by atoms with Gasteiger partial charge in [0.15, 0.2) is 0 Å². The van der Waals surface area contributed by atoms with Crippen LogP contribution in [-0.4, -0.2) is 26.0 Å². The lowest BCUT2D eigenvalue weighted by atomic mass is 9.98. The number of carboxylic acid groups (broad SMARTS) is 1. The Morgan fingerprint density at radius 2 is 2.29 bits per heavy atom. The molecule has 0 aliphatic carbocycles. The molecule has 4 N–H and O–H groups in total. The van der Waals surface area contributed by atoms with Gasteiger partial charge in [-0.25, -0.2) is 9.97 Å². The Hall–Kier alpha value is -2.37. The minimum Gasteiger partial charge on any atom is -0.481 e. The standard InChI is InChI=1S/C11H12N4O2/c12-10-2-1-7(4-14-10)3-8(11(16)17)9-5-13-6-15-9/h1-2,4-6,8H,3H2,(H2,12,14)(H,13,15)(H,16,17)/t8-/m1/s1. The van der Waals surface area contributed by atoms with Crippen LogP contribution in [0.1, 0.15) is 17.2 Å². The van der Waals surface area contributed by atoms with E-state index in [-0.39, 0.29) is 0 Å². The van der Waals surface area contributed by atoms with Crippen LogP contribution >= 0.6 is 0 Å². The Morgan fingerprint density at radius 1 is 1.47 bits per heavy atom. The Kier molecular flexibility index (Phi) is 3.04. The van der Waals surface area contributed by atoms with Gasteiger partial charge >= 0.3 is 5.97 Å². The second-order valence-corrected chi connectivity index (χ2v) is 3.69. The lowest BCUT2D eigenvalue weighted by Crippen LogP contribution is -2.15. The SMILES string of the molecule is Nc1ccc(C[C@@H](C(=O)O)c2cnc[nH]2)cn1. The summed E-state index contributed by atoms with van der Waals surface area (Å²) in [6, 6.07) is 3.43. The first-order chi connectivity index (χ1) is 8.16. The van der Waals surface area contributed by atoms with E-state index in [2.05, 4.69) is 15.0 Å². The number of carboxylic acids is 1. The van der Waals surface area contributed by atoms with Crippen LogP contribution in [0.4, 0.5) is 5.82 Å². The van der Waals surface area contributed by atoms with Gasteiger partial charge in [0.2, 0.25) is 0 Å². The van der Waals surface area contributed by atoms with Crippen molar-refractivity contribution in [2.75, 3.05) is 5.73 Å². The van der Waals surface area contributed by atoms with Crippen LogP contribution in [0.5, 0.6) is 0 Å². The molecule has 1 atom stereocenters. The average Bonchev–Trinajstić information content (AvgIpc) is 2.81. The van der Waals surface area contributed by atoms with Gasteiger partial charge in [0, 0.05) is 18.1 Å². The third-order valence-corrected chi connectivity index (χ3v) is 2.48. The highest BCUT2D eigenvalue weighted by atomic mass is 16.4. The molecule has 88 valence electrons. The molecule has 0 bridgehead atoms. The van der Waals surface area contributed by atoms with Crippen LogP contribution in [0.25, 0.3) is 0 Å². The number of imidazole rings is 1. The molecule has 2 aromatic heterocycles. The number of rotatable bonds is 4. The molecule has 6 heteroatoms. The molecule has 2 rings (SSSR count). The van der Waals surface area contributed by atoms with Crippen LogP contribution < -0.4 is 5.73 Å². The molecule has 0 saturated heterocycles. The summed E-state index contributed by atoms with van der Waals surface area (Å²) < 4.78 is 0. The first-order valence-electron chi connectivity index (χ1n) is 5.08. The monoisotopic (exact) mass is 232 g/mol. The highest BCUT2D eigenvalue weighted by Gasteiger charge is 2.21. The number of aliphatic carboxylic acids is 1. The first-order valence-corrected chi connectivity index (χ1v) is 5.08. The molecule has 0 spiro atoms. The fraction of sp³-hybridized carbons (Fsp3) is 0.182. The number of nitrogen functional groups attached to an aromatic ring is 1. The fourth-order valence-electron chi connectivity index (χ4n) is 1.58. The molecule has 0 aromatic carbocycles. The summed E-state index contributed by atoms with van der Waals surface area (Å²) in [5.74, 6) is -1.13. The Labute approximate surface area is 97.5 Å². The molecule has 2 aromatic rings. The number of aromatic amines is 1. The Morgan fingerprint density at radius 3 is 2.82 bits per heavy atom. The molecule has 0 aliphatic rings. The largest absolute Gasteiger partial charge is 0.481 e. The molecule has 0 saturated carbocycles. The van der Waals surface area contributed by atoms with Gasteiger partial charge in [0.25, 0.3) is 0 Å². The van der Waals surface area contributed by atoms with Crippen molar-refractivity contribution in [2.45, 2.75) is 12.3 Å². The maximum absolute atomic E-state index is 11.2. The second kappa shape index (κ2) is 4.65. The lowest BCUT2D eigenvalue weighted by Gasteiger charge is -2.10. The van der Waals surface area contributed by atoms with Gasteiger partial charge in [0.1, 0.15) is 11.7 Å². The van der Waals surface area contributed by atoms with E-state index in [1.54, 1.807) is 18.3 Å². The molecule has 0 amide bonds. The number of hydrogen-bond acceptors (Lipinski definition) is 4. The fourth-order valence-corrected chi connectivity index (χ4v) is 1.58. The smallest absolute Gasteiger partial charge is 0.312 e. The molecule has 2 heterocycles. The van der Waals surface area contributed by atoms with Gasteiger partial charge < -0.3 is 15.8 Å². The van der Waals surface area contributed by atoms with Gasteiger partial charge in [-0.15, -0.1) is 0 Å². The number of aromatic nitrogens is 3. The summed E-state index contributed by atoms with van der Waals surface area (Å²) in [6.07, 6.45) is 4.92. The normalized spacial score (nSPS) is 12.2. The van der Waals surface area contributed by atoms with Crippen molar-refractivity contribution in [3.63, 3.8) is 0 Å². The first kappa shape index (κ1) is 11.1. The van der Waals surface area contributed by atoms with Gasteiger partial charge in [-0.2, -0.15) is 0 Å². The summed E-state index contributed by atoms with van der Waals surface area (Å²) in [4.78, 5) is 21.7. The van der Waals surface area contributed by atoms with Crippen molar-refractivity contribution in [3.05, 3.63) is 42.1 Å². The van der Waals surface area contributed by atoms with Gasteiger partial charge in [-0.05, 0) is 18.1 Å². The highest BCUT2D eigenvalue weighted by Crippen LogP contribution is 2.19. The van der Waals surface area contributed by atoms with E-state index in [4.69, 9.17) is 10.8 Å². The minimum absolute atomic E-state index is 0.352. The van der Waals surface area contributed by atoms with Crippen LogP contribution in [0.2, 0.25) is 0 Å². The number of pyridine rings is 1. The summed E-state index contributed by atoms with van der Waals surface area (Å²) in [6.45, 7) is 0. The van der Waals surface area contributed by atoms with Crippen molar-refractivity contribution in [1.82, 2.24) is 15.0 Å². The predicted octanol–water partition coefficient (Wildman–Crippen LogP) is 0.798. The third-order valence-electron chi connectivity index (χ3n) is 2.48. The van der Waals surface area contributed by atoms with E-state index in [9.17, 15) is 4.79 Å². The number of carbonyl (C=O) groups is 1. The number of anilines is 1. The Balaban J connectivity index is 2.19. The maximum atomic E-state index is 11.2. The van der Waals surface area contributed by atoms with E-state index < -0.39 is 11.9 Å². The molecule has 0 aliphatic heterocycles. The third kappa shape index (κ3) is 2.60. The van der Waals surface area contributed by atoms with E-state index >= 15 is 0 Å². The zero-order valence-corrected chi connectivity index (χ0v) is 9.00. The zero-order valence-electron chi connectivity index (χ0n) is 9.00. The lowest BCUT2D eigenvalue weighted by molar-refractivity contribution is -0.138. The molecule has 0 radical (unpaired) electrons. The number of H-pyrrole nitrogens is 1. The van der Waals surface area contributed by atoms with E-state index in [1.807, 2.05) is 0 Å². The molecule has 0 unspecified atom stereocenters. The number of nitrogens with zero attached hydrogens (tertiary/aromatic N) is 2. The van der Waals surface area contributed by atoms with Gasteiger partial charge in [-0.1, -0.05) is 6.07 Å². The zero-order chi connectivity index (χ0) is 12.3. The number of hydrogen-bond donors (Lipinski definition) is 3. The predicted molar refractivity (Wildman–Crippen MR) is 61.3 cm³/mol. The molecule has 0 fully saturated rings. The molecular formula is C11H12N4O2. The summed E-state index contributed by atoms with van der Waals surface area (Å²) in [5, 5.41) is 9.17. The highest BCUT2D eigenvalue weighted by molar-refractivity contribution is 5.75. The van der Waals surface area contributed by atoms with Gasteiger partial charge in [0.05, 0.1) is 6.33 Å². The topological polar surface area (TPSA) is 105 Å². The van der Waals surface area contributed by atoms with Crippen molar-refractivity contribution >= 4 is 11.8 Å². The van der Waals surface area contributed by atoms with Crippen LogP contribution in [0.15, 0.2) is 30.9 Å².